The van der Waals surface area contributed by atoms with E-state index in [-0.39, 0.29) is 5.91 Å². The second-order valence-electron chi connectivity index (χ2n) is 5.68. The molecule has 2 rings (SSSR count). The van der Waals surface area contributed by atoms with Crippen molar-refractivity contribution in [2.75, 3.05) is 33.2 Å². The number of benzene rings is 1. The molecular formula is C16H25N3O. The van der Waals surface area contributed by atoms with Crippen LogP contribution in [0.25, 0.3) is 0 Å². The van der Waals surface area contributed by atoms with Crippen molar-refractivity contribution in [1.29, 1.82) is 0 Å². The van der Waals surface area contributed by atoms with Crippen LogP contribution < -0.4 is 11.1 Å². The van der Waals surface area contributed by atoms with E-state index in [9.17, 15) is 4.79 Å². The van der Waals surface area contributed by atoms with Gasteiger partial charge in [0.25, 0.3) is 5.91 Å². The third kappa shape index (κ3) is 4.05. The maximum atomic E-state index is 12.3. The highest BCUT2D eigenvalue weighted by Crippen LogP contribution is 2.15. The normalized spacial score (nSPS) is 19.8. The fourth-order valence-electron chi connectivity index (χ4n) is 2.89. The minimum Gasteiger partial charge on any atom is -0.352 e. The summed E-state index contributed by atoms with van der Waals surface area (Å²) in [4.78, 5) is 14.6. The summed E-state index contributed by atoms with van der Waals surface area (Å²) in [6, 6.07) is 7.73. The number of carbonyl (C=O) groups excluding carboxylic acids is 1. The minimum absolute atomic E-state index is 0.0299. The van der Waals surface area contributed by atoms with Gasteiger partial charge in [-0.05, 0) is 56.9 Å². The number of nitrogens with zero attached hydrogens (tertiary/aromatic N) is 1. The summed E-state index contributed by atoms with van der Waals surface area (Å²) in [5.74, 6) is 0.599. The molecule has 1 unspecified atom stereocenters. The predicted octanol–water partition coefficient (Wildman–Crippen LogP) is 1.26. The molecule has 1 aromatic carbocycles. The van der Waals surface area contributed by atoms with Crippen molar-refractivity contribution in [1.82, 2.24) is 10.2 Å². The third-order valence-corrected chi connectivity index (χ3v) is 3.95. The zero-order valence-electron chi connectivity index (χ0n) is 12.3. The molecule has 110 valence electrons. The summed E-state index contributed by atoms with van der Waals surface area (Å²) in [6.07, 6.45) is 3.17. The van der Waals surface area contributed by atoms with Gasteiger partial charge in [0.05, 0.1) is 0 Å². The fraction of sp³-hybridized carbons (Fsp3) is 0.562. The summed E-state index contributed by atoms with van der Waals surface area (Å²) in [7, 11) is 2.14. The van der Waals surface area contributed by atoms with Crippen LogP contribution in [0.2, 0.25) is 0 Å². The molecule has 20 heavy (non-hydrogen) atoms. The van der Waals surface area contributed by atoms with E-state index in [0.717, 1.165) is 30.6 Å². The second-order valence-corrected chi connectivity index (χ2v) is 5.68. The molecule has 0 saturated carbocycles. The molecule has 0 spiro atoms. The molecule has 1 fully saturated rings. The maximum absolute atomic E-state index is 12.3. The number of likely N-dealkylation sites (tertiary alicyclic amines) is 1. The predicted molar refractivity (Wildman–Crippen MR) is 81.8 cm³/mol. The summed E-state index contributed by atoms with van der Waals surface area (Å²) < 4.78 is 0. The number of hydrogen-bond donors (Lipinski definition) is 2. The number of amides is 1. The van der Waals surface area contributed by atoms with Crippen LogP contribution in [0.4, 0.5) is 0 Å². The van der Waals surface area contributed by atoms with Crippen molar-refractivity contribution < 1.29 is 4.79 Å². The topological polar surface area (TPSA) is 58.4 Å². The molecule has 0 aliphatic carbocycles. The van der Waals surface area contributed by atoms with Gasteiger partial charge in [-0.15, -0.1) is 0 Å². The van der Waals surface area contributed by atoms with Crippen molar-refractivity contribution in [3.8, 4) is 0 Å². The van der Waals surface area contributed by atoms with Crippen LogP contribution in [0, 0.1) is 5.92 Å². The lowest BCUT2D eigenvalue weighted by Gasteiger charge is -2.29. The van der Waals surface area contributed by atoms with E-state index in [1.807, 2.05) is 24.3 Å². The second kappa shape index (κ2) is 7.41. The Morgan fingerprint density at radius 2 is 2.25 bits per heavy atom. The summed E-state index contributed by atoms with van der Waals surface area (Å²) in [6.45, 7) is 3.58. The third-order valence-electron chi connectivity index (χ3n) is 3.95. The van der Waals surface area contributed by atoms with Crippen molar-refractivity contribution >= 4 is 5.91 Å². The van der Waals surface area contributed by atoms with Gasteiger partial charge in [-0.25, -0.2) is 0 Å². The summed E-state index contributed by atoms with van der Waals surface area (Å²) in [5.41, 5.74) is 7.40. The lowest BCUT2D eigenvalue weighted by molar-refractivity contribution is 0.0936. The Morgan fingerprint density at radius 1 is 1.45 bits per heavy atom. The molecule has 1 aliphatic rings. The first kappa shape index (κ1) is 15.0. The minimum atomic E-state index is 0.0299. The number of nitrogens with one attached hydrogen (secondary N) is 1. The summed E-state index contributed by atoms with van der Waals surface area (Å²) >= 11 is 0. The van der Waals surface area contributed by atoms with E-state index in [2.05, 4.69) is 17.3 Å². The van der Waals surface area contributed by atoms with Crippen LogP contribution in [0.15, 0.2) is 24.3 Å². The zero-order chi connectivity index (χ0) is 14.4. The number of piperidine rings is 1. The fourth-order valence-corrected chi connectivity index (χ4v) is 2.89. The first-order valence-corrected chi connectivity index (χ1v) is 7.45. The highest BCUT2D eigenvalue weighted by atomic mass is 16.1. The highest BCUT2D eigenvalue weighted by Gasteiger charge is 2.18. The van der Waals surface area contributed by atoms with Gasteiger partial charge in [-0.1, -0.05) is 18.2 Å². The molecule has 1 heterocycles. The van der Waals surface area contributed by atoms with E-state index in [1.165, 1.54) is 19.4 Å². The first-order valence-electron chi connectivity index (χ1n) is 7.45. The Kier molecular flexibility index (Phi) is 5.56. The average molecular weight is 275 g/mol. The molecule has 1 aliphatic heterocycles. The molecule has 0 radical (unpaired) electrons. The van der Waals surface area contributed by atoms with E-state index in [4.69, 9.17) is 5.73 Å². The maximum Gasteiger partial charge on any atom is 0.251 e. The first-order chi connectivity index (χ1) is 9.70. The average Bonchev–Trinajstić information content (AvgIpc) is 2.46. The molecule has 1 saturated heterocycles. The van der Waals surface area contributed by atoms with Crippen LogP contribution in [-0.4, -0.2) is 44.0 Å². The number of nitrogens with two attached hydrogens (primary N) is 1. The molecule has 3 N–H and O–H groups in total. The van der Waals surface area contributed by atoms with Gasteiger partial charge in [-0.2, -0.15) is 0 Å². The smallest absolute Gasteiger partial charge is 0.251 e. The van der Waals surface area contributed by atoms with Crippen LogP contribution >= 0.6 is 0 Å². The summed E-state index contributed by atoms with van der Waals surface area (Å²) in [5, 5.41) is 3.08. The molecule has 1 amide bonds. The van der Waals surface area contributed by atoms with Crippen LogP contribution in [-0.2, 0) is 6.42 Å². The van der Waals surface area contributed by atoms with Gasteiger partial charge in [0.2, 0.25) is 0 Å². The molecule has 1 aromatic rings. The largest absolute Gasteiger partial charge is 0.352 e. The Balaban J connectivity index is 1.91. The van der Waals surface area contributed by atoms with E-state index in [1.54, 1.807) is 0 Å². The van der Waals surface area contributed by atoms with Gasteiger partial charge in [0.15, 0.2) is 0 Å². The lowest BCUT2D eigenvalue weighted by Crippen LogP contribution is -2.39. The Bertz CT molecular complexity index is 447. The molecule has 1 atom stereocenters. The number of carbonyl (C=O) groups is 1. The number of hydrogen-bond acceptors (Lipinski definition) is 3. The van der Waals surface area contributed by atoms with Crippen molar-refractivity contribution in [3.63, 3.8) is 0 Å². The van der Waals surface area contributed by atoms with Gasteiger partial charge < -0.3 is 16.0 Å². The Labute approximate surface area is 121 Å². The van der Waals surface area contributed by atoms with Crippen molar-refractivity contribution in [2.45, 2.75) is 19.3 Å². The van der Waals surface area contributed by atoms with Crippen LogP contribution in [0.3, 0.4) is 0 Å². The molecule has 0 bridgehead atoms. The monoisotopic (exact) mass is 275 g/mol. The van der Waals surface area contributed by atoms with Crippen molar-refractivity contribution in [3.05, 3.63) is 35.4 Å². The standard InChI is InChI=1S/C16H25N3O/c1-19-10-4-5-13(12-19)11-18-16(20)15-7-3-2-6-14(15)8-9-17/h2-3,6-7,13H,4-5,8-12,17H2,1H3,(H,18,20). The van der Waals surface area contributed by atoms with E-state index < -0.39 is 0 Å². The lowest BCUT2D eigenvalue weighted by atomic mass is 9.98. The van der Waals surface area contributed by atoms with Crippen LogP contribution in [0.5, 0.6) is 0 Å². The van der Waals surface area contributed by atoms with E-state index in [0.29, 0.717) is 12.5 Å². The SMILES string of the molecule is CN1CCCC(CNC(=O)c2ccccc2CCN)C1. The van der Waals surface area contributed by atoms with Gasteiger partial charge in [-0.3, -0.25) is 4.79 Å². The van der Waals surface area contributed by atoms with Gasteiger partial charge in [0, 0.05) is 18.7 Å². The molecule has 4 nitrogen and oxygen atoms in total. The molecule has 0 aromatic heterocycles. The highest BCUT2D eigenvalue weighted by molar-refractivity contribution is 5.95. The van der Waals surface area contributed by atoms with Crippen molar-refractivity contribution in [2.24, 2.45) is 11.7 Å². The molecular weight excluding hydrogens is 250 g/mol. The van der Waals surface area contributed by atoms with E-state index >= 15 is 0 Å². The number of rotatable bonds is 5. The van der Waals surface area contributed by atoms with Crippen LogP contribution in [0.1, 0.15) is 28.8 Å². The van der Waals surface area contributed by atoms with Gasteiger partial charge >= 0.3 is 0 Å². The van der Waals surface area contributed by atoms with Gasteiger partial charge in [0.1, 0.15) is 0 Å². The zero-order valence-corrected chi connectivity index (χ0v) is 12.3. The quantitative estimate of drug-likeness (QED) is 0.850. The molecule has 4 heteroatoms. The Morgan fingerprint density at radius 3 is 3.00 bits per heavy atom. The Hall–Kier alpha value is -1.39.